The largest absolute Gasteiger partial charge is 0.466 e. The maximum absolute atomic E-state index is 11.0. The zero-order valence-corrected chi connectivity index (χ0v) is 8.29. The predicted octanol–water partition coefficient (Wildman–Crippen LogP) is 1.06. The van der Waals surface area contributed by atoms with Gasteiger partial charge >= 0.3 is 11.9 Å². The van der Waals surface area contributed by atoms with Crippen LogP contribution in [-0.4, -0.2) is 24.6 Å². The van der Waals surface area contributed by atoms with Crippen molar-refractivity contribution in [3.63, 3.8) is 0 Å². The van der Waals surface area contributed by atoms with Gasteiger partial charge in [-0.1, -0.05) is 0 Å². The Balaban J connectivity index is 4.02. The van der Waals surface area contributed by atoms with Gasteiger partial charge in [-0.15, -0.1) is 0 Å². The van der Waals surface area contributed by atoms with E-state index >= 15 is 0 Å². The van der Waals surface area contributed by atoms with E-state index in [2.05, 4.69) is 4.74 Å². The summed E-state index contributed by atoms with van der Waals surface area (Å²) in [6, 6.07) is 0. The number of esters is 2. The summed E-state index contributed by atoms with van der Waals surface area (Å²) in [4.78, 5) is 21.5. The van der Waals surface area contributed by atoms with Crippen molar-refractivity contribution in [1.29, 1.82) is 0 Å². The minimum Gasteiger partial charge on any atom is -0.466 e. The van der Waals surface area contributed by atoms with Crippen LogP contribution in [0.3, 0.4) is 0 Å². The topological polar surface area (TPSA) is 52.6 Å². The second kappa shape index (κ2) is 4.64. The van der Waals surface area contributed by atoms with Crippen LogP contribution in [-0.2, 0) is 19.1 Å². The fourth-order valence-corrected chi connectivity index (χ4v) is 0.540. The van der Waals surface area contributed by atoms with Gasteiger partial charge in [0.25, 0.3) is 0 Å². The molecule has 0 heterocycles. The van der Waals surface area contributed by atoms with Gasteiger partial charge in [-0.25, -0.2) is 9.59 Å². The third kappa shape index (κ3) is 7.05. The summed E-state index contributed by atoms with van der Waals surface area (Å²) in [7, 11) is 1.24. The van der Waals surface area contributed by atoms with Crippen LogP contribution in [0.15, 0.2) is 12.2 Å². The first kappa shape index (κ1) is 11.7. The molecule has 0 aliphatic rings. The average molecular weight is 186 g/mol. The summed E-state index contributed by atoms with van der Waals surface area (Å²) in [6.07, 6.45) is 2.06. The average Bonchev–Trinajstić information content (AvgIpc) is 1.97. The summed E-state index contributed by atoms with van der Waals surface area (Å²) in [6.45, 7) is 5.24. The number of ether oxygens (including phenoxy) is 2. The highest BCUT2D eigenvalue weighted by Crippen LogP contribution is 2.06. The van der Waals surface area contributed by atoms with E-state index in [4.69, 9.17) is 4.74 Å². The van der Waals surface area contributed by atoms with Crippen LogP contribution in [0.2, 0.25) is 0 Å². The minimum atomic E-state index is -0.578. The van der Waals surface area contributed by atoms with Crippen molar-refractivity contribution in [2.45, 2.75) is 26.4 Å². The summed E-state index contributed by atoms with van der Waals surface area (Å²) in [5.74, 6) is -1.14. The molecule has 0 radical (unpaired) electrons. The Bertz CT molecular complexity index is 222. The van der Waals surface area contributed by atoms with Gasteiger partial charge in [0.15, 0.2) is 0 Å². The van der Waals surface area contributed by atoms with E-state index in [1.807, 2.05) is 0 Å². The lowest BCUT2D eigenvalue weighted by Gasteiger charge is -2.17. The Hall–Kier alpha value is -1.32. The second-order valence-electron chi connectivity index (χ2n) is 3.39. The van der Waals surface area contributed by atoms with Crippen molar-refractivity contribution in [3.8, 4) is 0 Å². The molecule has 0 aromatic heterocycles. The zero-order chi connectivity index (χ0) is 10.5. The van der Waals surface area contributed by atoms with Crippen molar-refractivity contribution in [1.82, 2.24) is 0 Å². The molecular formula is C9H14O4. The number of carbonyl (C=O) groups is 2. The Kier molecular flexibility index (Phi) is 4.17. The van der Waals surface area contributed by atoms with Gasteiger partial charge in [-0.3, -0.25) is 0 Å². The highest BCUT2D eigenvalue weighted by Gasteiger charge is 2.13. The van der Waals surface area contributed by atoms with E-state index in [-0.39, 0.29) is 0 Å². The third-order valence-corrected chi connectivity index (χ3v) is 0.963. The van der Waals surface area contributed by atoms with Crippen LogP contribution in [0.5, 0.6) is 0 Å². The molecule has 0 amide bonds. The number of hydrogen-bond donors (Lipinski definition) is 0. The van der Waals surface area contributed by atoms with Gasteiger partial charge in [0.05, 0.1) is 7.11 Å². The van der Waals surface area contributed by atoms with Gasteiger partial charge in [-0.05, 0) is 20.8 Å². The first-order valence-corrected chi connectivity index (χ1v) is 3.84. The van der Waals surface area contributed by atoms with E-state index in [9.17, 15) is 9.59 Å². The highest BCUT2D eigenvalue weighted by molar-refractivity contribution is 5.91. The van der Waals surface area contributed by atoms with Crippen molar-refractivity contribution in [2.75, 3.05) is 7.11 Å². The summed E-state index contributed by atoms with van der Waals surface area (Å²) in [5, 5.41) is 0. The normalized spacial score (nSPS) is 11.4. The summed E-state index contributed by atoms with van der Waals surface area (Å²) < 4.78 is 9.20. The lowest BCUT2D eigenvalue weighted by atomic mass is 10.2. The molecule has 74 valence electrons. The molecule has 0 N–H and O–H groups in total. The number of hydrogen-bond acceptors (Lipinski definition) is 4. The molecular weight excluding hydrogens is 172 g/mol. The highest BCUT2D eigenvalue weighted by atomic mass is 16.6. The molecule has 0 fully saturated rings. The summed E-state index contributed by atoms with van der Waals surface area (Å²) >= 11 is 0. The first-order chi connectivity index (χ1) is 5.85. The maximum atomic E-state index is 11.0. The molecule has 0 saturated heterocycles. The van der Waals surface area contributed by atoms with E-state index < -0.39 is 17.5 Å². The van der Waals surface area contributed by atoms with Crippen LogP contribution in [0, 0.1) is 0 Å². The van der Waals surface area contributed by atoms with Gasteiger partial charge in [0.2, 0.25) is 0 Å². The fraction of sp³-hybridized carbons (Fsp3) is 0.556. The molecule has 0 spiro atoms. The molecule has 0 atom stereocenters. The first-order valence-electron chi connectivity index (χ1n) is 3.84. The molecule has 13 heavy (non-hydrogen) atoms. The Morgan fingerprint density at radius 1 is 1.08 bits per heavy atom. The second-order valence-corrected chi connectivity index (χ2v) is 3.39. The monoisotopic (exact) mass is 186 g/mol. The number of carbonyl (C=O) groups excluding carboxylic acids is 2. The lowest BCUT2D eigenvalue weighted by molar-refractivity contribution is -0.149. The van der Waals surface area contributed by atoms with Crippen LogP contribution >= 0.6 is 0 Å². The van der Waals surface area contributed by atoms with E-state index in [1.165, 1.54) is 7.11 Å². The third-order valence-electron chi connectivity index (χ3n) is 0.963. The van der Waals surface area contributed by atoms with Crippen molar-refractivity contribution >= 4 is 11.9 Å². The Labute approximate surface area is 77.5 Å². The smallest absolute Gasteiger partial charge is 0.331 e. The zero-order valence-electron chi connectivity index (χ0n) is 8.29. The van der Waals surface area contributed by atoms with Gasteiger partial charge in [0, 0.05) is 12.2 Å². The number of methoxy groups -OCH3 is 1. The van der Waals surface area contributed by atoms with E-state index in [0.717, 1.165) is 12.2 Å². The van der Waals surface area contributed by atoms with E-state index in [1.54, 1.807) is 20.8 Å². The van der Waals surface area contributed by atoms with Gasteiger partial charge in [-0.2, -0.15) is 0 Å². The fourth-order valence-electron chi connectivity index (χ4n) is 0.540. The lowest BCUT2D eigenvalue weighted by Crippen LogP contribution is -2.22. The van der Waals surface area contributed by atoms with Crippen LogP contribution in [0.4, 0.5) is 0 Å². The van der Waals surface area contributed by atoms with Crippen molar-refractivity contribution in [3.05, 3.63) is 12.2 Å². The molecule has 4 heteroatoms. The SMILES string of the molecule is COC(=O)/C=C\C(=O)OC(C)(C)C. The minimum absolute atomic E-state index is 0.544. The predicted molar refractivity (Wildman–Crippen MR) is 47.0 cm³/mol. The molecule has 0 unspecified atom stereocenters. The molecule has 0 aromatic rings. The van der Waals surface area contributed by atoms with Crippen LogP contribution in [0.1, 0.15) is 20.8 Å². The molecule has 0 aromatic carbocycles. The Morgan fingerprint density at radius 2 is 1.54 bits per heavy atom. The molecule has 4 nitrogen and oxygen atoms in total. The maximum Gasteiger partial charge on any atom is 0.331 e. The van der Waals surface area contributed by atoms with E-state index in [0.29, 0.717) is 0 Å². The number of rotatable bonds is 2. The van der Waals surface area contributed by atoms with Gasteiger partial charge in [0.1, 0.15) is 5.60 Å². The Morgan fingerprint density at radius 3 is 1.92 bits per heavy atom. The quantitative estimate of drug-likeness (QED) is 0.478. The van der Waals surface area contributed by atoms with Crippen molar-refractivity contribution in [2.24, 2.45) is 0 Å². The van der Waals surface area contributed by atoms with Gasteiger partial charge < -0.3 is 9.47 Å². The standard InChI is InChI=1S/C9H14O4/c1-9(2,3)13-8(11)6-5-7(10)12-4/h5-6H,1-4H3/b6-5-. The van der Waals surface area contributed by atoms with Crippen molar-refractivity contribution < 1.29 is 19.1 Å². The molecule has 0 saturated carbocycles. The molecule has 0 aliphatic heterocycles. The molecule has 0 aliphatic carbocycles. The molecule has 0 rings (SSSR count). The van der Waals surface area contributed by atoms with Crippen LogP contribution in [0.25, 0.3) is 0 Å². The summed E-state index contributed by atoms with van der Waals surface area (Å²) in [5.41, 5.74) is -0.544. The van der Waals surface area contributed by atoms with Crippen LogP contribution < -0.4 is 0 Å². The molecule has 0 bridgehead atoms.